The summed E-state index contributed by atoms with van der Waals surface area (Å²) < 4.78 is 0. The van der Waals surface area contributed by atoms with Crippen molar-refractivity contribution in [3.63, 3.8) is 0 Å². The summed E-state index contributed by atoms with van der Waals surface area (Å²) in [5.74, 6) is 0. The number of hydrazone groups is 1. The molecule has 0 heterocycles. The van der Waals surface area contributed by atoms with Gasteiger partial charge in [-0.1, -0.05) is 23.2 Å². The fraction of sp³-hybridized carbons (Fsp3) is 0.273. The first kappa shape index (κ1) is 14.2. The van der Waals surface area contributed by atoms with Crippen LogP contribution in [-0.4, -0.2) is 17.4 Å². The highest BCUT2D eigenvalue weighted by atomic mass is 35.5. The van der Waals surface area contributed by atoms with Gasteiger partial charge in [-0.25, -0.2) is 0 Å². The van der Waals surface area contributed by atoms with E-state index in [1.54, 1.807) is 24.4 Å². The monoisotopic (exact) mass is 289 g/mol. The Morgan fingerprint density at radius 1 is 1.29 bits per heavy atom. The van der Waals surface area contributed by atoms with Gasteiger partial charge in [0.05, 0.1) is 6.21 Å². The first-order valence-electron chi connectivity index (χ1n) is 5.03. The third-order valence-electron chi connectivity index (χ3n) is 1.68. The molecule has 0 aliphatic carbocycles. The van der Waals surface area contributed by atoms with E-state index >= 15 is 0 Å². The molecular formula is C11H13Cl2N3S. The molecule has 2 N–H and O–H groups in total. The molecule has 0 bridgehead atoms. The van der Waals surface area contributed by atoms with Gasteiger partial charge < -0.3 is 5.32 Å². The summed E-state index contributed by atoms with van der Waals surface area (Å²) in [6.45, 7) is 3.99. The van der Waals surface area contributed by atoms with Crippen molar-refractivity contribution in [1.29, 1.82) is 0 Å². The van der Waals surface area contributed by atoms with Gasteiger partial charge >= 0.3 is 0 Å². The second-order valence-electron chi connectivity index (χ2n) is 3.70. The molecule has 0 spiro atoms. The lowest BCUT2D eigenvalue weighted by Crippen LogP contribution is -2.36. The smallest absolute Gasteiger partial charge is 0.187 e. The van der Waals surface area contributed by atoms with Crippen molar-refractivity contribution in [3.8, 4) is 0 Å². The van der Waals surface area contributed by atoms with Crippen molar-refractivity contribution in [2.24, 2.45) is 5.10 Å². The van der Waals surface area contributed by atoms with Crippen molar-refractivity contribution < 1.29 is 0 Å². The Hall–Kier alpha value is -0.840. The first-order chi connectivity index (χ1) is 7.97. The molecule has 0 amide bonds. The molecule has 1 aromatic rings. The van der Waals surface area contributed by atoms with Crippen molar-refractivity contribution >= 4 is 46.7 Å². The van der Waals surface area contributed by atoms with E-state index in [9.17, 15) is 0 Å². The molecule has 3 nitrogen and oxygen atoms in total. The Bertz CT molecular complexity index is 412. The molecule has 0 saturated carbocycles. The van der Waals surface area contributed by atoms with Crippen molar-refractivity contribution in [2.75, 3.05) is 0 Å². The number of thiocarbonyl (C=S) groups is 1. The maximum Gasteiger partial charge on any atom is 0.187 e. The van der Waals surface area contributed by atoms with E-state index in [1.807, 2.05) is 13.8 Å². The Labute approximate surface area is 116 Å². The topological polar surface area (TPSA) is 36.4 Å². The van der Waals surface area contributed by atoms with E-state index in [0.29, 0.717) is 15.2 Å². The third-order valence-corrected chi connectivity index (χ3v) is 2.33. The van der Waals surface area contributed by atoms with Crippen LogP contribution in [0.4, 0.5) is 0 Å². The lowest BCUT2D eigenvalue weighted by molar-refractivity contribution is 0.720. The van der Waals surface area contributed by atoms with E-state index in [1.165, 1.54) is 0 Å². The minimum absolute atomic E-state index is 0.269. The van der Waals surface area contributed by atoms with Crippen LogP contribution >= 0.6 is 35.4 Å². The Morgan fingerprint density at radius 3 is 2.41 bits per heavy atom. The number of hydrogen-bond acceptors (Lipinski definition) is 2. The molecule has 0 unspecified atom stereocenters. The molecule has 17 heavy (non-hydrogen) atoms. The number of rotatable bonds is 3. The zero-order valence-corrected chi connectivity index (χ0v) is 11.8. The van der Waals surface area contributed by atoms with Gasteiger partial charge in [-0.15, -0.1) is 0 Å². The molecule has 1 rings (SSSR count). The summed E-state index contributed by atoms with van der Waals surface area (Å²) in [6.07, 6.45) is 1.60. The van der Waals surface area contributed by atoms with Gasteiger partial charge in [0, 0.05) is 16.1 Å². The minimum Gasteiger partial charge on any atom is -0.359 e. The fourth-order valence-electron chi connectivity index (χ4n) is 1.11. The van der Waals surface area contributed by atoms with E-state index in [-0.39, 0.29) is 6.04 Å². The van der Waals surface area contributed by atoms with Crippen LogP contribution in [-0.2, 0) is 0 Å². The first-order valence-corrected chi connectivity index (χ1v) is 6.19. The van der Waals surface area contributed by atoms with Gasteiger partial charge in [-0.3, -0.25) is 5.43 Å². The van der Waals surface area contributed by atoms with Crippen molar-refractivity contribution in [2.45, 2.75) is 19.9 Å². The van der Waals surface area contributed by atoms with Crippen LogP contribution in [0.3, 0.4) is 0 Å². The summed E-state index contributed by atoms with van der Waals surface area (Å²) in [4.78, 5) is 0. The summed E-state index contributed by atoms with van der Waals surface area (Å²) in [7, 11) is 0. The van der Waals surface area contributed by atoms with E-state index in [2.05, 4.69) is 15.8 Å². The number of hydrogen-bond donors (Lipinski definition) is 2. The molecule has 0 aromatic heterocycles. The van der Waals surface area contributed by atoms with E-state index in [4.69, 9.17) is 35.4 Å². The second kappa shape index (κ2) is 6.79. The minimum atomic E-state index is 0.269. The molecule has 6 heteroatoms. The molecular weight excluding hydrogens is 277 g/mol. The number of nitrogens with zero attached hydrogens (tertiary/aromatic N) is 1. The molecule has 0 saturated heterocycles. The molecule has 92 valence electrons. The van der Waals surface area contributed by atoms with Crippen LogP contribution in [0.25, 0.3) is 0 Å². The van der Waals surface area contributed by atoms with E-state index in [0.717, 1.165) is 5.56 Å². The van der Waals surface area contributed by atoms with Gasteiger partial charge in [0.15, 0.2) is 5.11 Å². The zero-order valence-electron chi connectivity index (χ0n) is 9.50. The number of benzene rings is 1. The largest absolute Gasteiger partial charge is 0.359 e. The third kappa shape index (κ3) is 5.86. The normalized spacial score (nSPS) is 10.9. The predicted molar refractivity (Wildman–Crippen MR) is 78.1 cm³/mol. The van der Waals surface area contributed by atoms with Crippen LogP contribution in [0, 0.1) is 0 Å². The van der Waals surface area contributed by atoms with Crippen LogP contribution in [0.15, 0.2) is 23.3 Å². The van der Waals surface area contributed by atoms with Crippen molar-refractivity contribution in [1.82, 2.24) is 10.7 Å². The average Bonchev–Trinajstić information content (AvgIpc) is 2.14. The van der Waals surface area contributed by atoms with Gasteiger partial charge in [-0.2, -0.15) is 5.10 Å². The quantitative estimate of drug-likeness (QED) is 0.510. The van der Waals surface area contributed by atoms with Crippen LogP contribution < -0.4 is 10.7 Å². The van der Waals surface area contributed by atoms with Gasteiger partial charge in [0.25, 0.3) is 0 Å². The highest BCUT2D eigenvalue weighted by Gasteiger charge is 1.97. The lowest BCUT2D eigenvalue weighted by Gasteiger charge is -2.09. The second-order valence-corrected chi connectivity index (χ2v) is 4.98. The van der Waals surface area contributed by atoms with Gasteiger partial charge in [0.2, 0.25) is 0 Å². The highest BCUT2D eigenvalue weighted by molar-refractivity contribution is 7.80. The fourth-order valence-corrected chi connectivity index (χ4v) is 1.94. The van der Waals surface area contributed by atoms with Crippen LogP contribution in [0.1, 0.15) is 19.4 Å². The summed E-state index contributed by atoms with van der Waals surface area (Å²) in [6, 6.07) is 5.46. The van der Waals surface area contributed by atoms with Crippen LogP contribution in [0.5, 0.6) is 0 Å². The number of halogens is 2. The standard InChI is InChI=1S/C11H13Cl2N3S/c1-7(2)15-11(17)16-14-6-8-3-9(12)5-10(13)4-8/h3-7H,1-2H3,(H2,15,16,17)/b14-6-. The Balaban J connectivity index is 2.56. The maximum atomic E-state index is 5.86. The maximum absolute atomic E-state index is 5.86. The summed E-state index contributed by atoms with van der Waals surface area (Å²) in [5.41, 5.74) is 3.51. The summed E-state index contributed by atoms with van der Waals surface area (Å²) >= 11 is 16.7. The molecule has 0 atom stereocenters. The predicted octanol–water partition coefficient (Wildman–Crippen LogP) is 3.20. The number of nitrogens with one attached hydrogen (secondary N) is 2. The van der Waals surface area contributed by atoms with Gasteiger partial charge in [-0.05, 0) is 49.8 Å². The Morgan fingerprint density at radius 2 is 1.88 bits per heavy atom. The molecule has 0 aliphatic rings. The molecule has 0 fully saturated rings. The molecule has 0 aliphatic heterocycles. The lowest BCUT2D eigenvalue weighted by atomic mass is 10.2. The van der Waals surface area contributed by atoms with E-state index < -0.39 is 0 Å². The average molecular weight is 290 g/mol. The van der Waals surface area contributed by atoms with Gasteiger partial charge in [0.1, 0.15) is 0 Å². The SMILES string of the molecule is CC(C)NC(=S)N/N=C\c1cc(Cl)cc(Cl)c1. The van der Waals surface area contributed by atoms with Crippen molar-refractivity contribution in [3.05, 3.63) is 33.8 Å². The summed E-state index contributed by atoms with van der Waals surface area (Å²) in [5, 5.41) is 8.61. The van der Waals surface area contributed by atoms with Crippen LogP contribution in [0.2, 0.25) is 10.0 Å². The molecule has 1 aromatic carbocycles. The highest BCUT2D eigenvalue weighted by Crippen LogP contribution is 2.17. The molecule has 0 radical (unpaired) electrons. The Kier molecular flexibility index (Phi) is 5.68. The zero-order chi connectivity index (χ0) is 12.8.